The molecule has 0 radical (unpaired) electrons. The van der Waals surface area contributed by atoms with Crippen molar-refractivity contribution in [3.05, 3.63) is 29.3 Å². The molecule has 0 aromatic heterocycles. The highest BCUT2D eigenvalue weighted by Gasteiger charge is 2.12. The van der Waals surface area contributed by atoms with Crippen LogP contribution < -0.4 is 0 Å². The van der Waals surface area contributed by atoms with Crippen LogP contribution in [0, 0.1) is 11.6 Å². The zero-order valence-electron chi connectivity index (χ0n) is 10.6. The van der Waals surface area contributed by atoms with Gasteiger partial charge in [0.15, 0.2) is 0 Å². The maximum atomic E-state index is 13.3. The molecule has 0 spiro atoms. The molecule has 0 aliphatic rings. The molecule has 0 saturated heterocycles. The first-order chi connectivity index (χ1) is 7.60. The molecular weight excluding hydrogens is 226 g/mol. The van der Waals surface area contributed by atoms with Crippen LogP contribution in [-0.2, 0) is 0 Å². The van der Waals surface area contributed by atoms with E-state index in [2.05, 4.69) is 0 Å². The van der Waals surface area contributed by atoms with E-state index in [1.165, 1.54) is 12.1 Å². The molecule has 0 bridgehead atoms. The summed E-state index contributed by atoms with van der Waals surface area (Å²) in [6.45, 7) is 7.97. The molecule has 0 N–H and O–H groups in total. The molecule has 1 atom stereocenters. The molecule has 3 heteroatoms. The maximum absolute atomic E-state index is 13.3. The zero-order valence-corrected chi connectivity index (χ0v) is 11.4. The van der Waals surface area contributed by atoms with E-state index < -0.39 is 11.6 Å². The Labute approximate surface area is 101 Å². The first kappa shape index (κ1) is 15.4. The Kier molecular flexibility index (Phi) is 7.39. The lowest BCUT2D eigenvalue weighted by atomic mass is 9.98. The van der Waals surface area contributed by atoms with Crippen molar-refractivity contribution in [1.82, 2.24) is 0 Å². The Morgan fingerprint density at radius 2 is 1.62 bits per heavy atom. The standard InChI is InChI=1S/C11H14F2S.C2H6/c1-4-7(2)8-5-9(12)11(14-3)10(13)6-8;1-2/h5-7H,4H2,1-3H3;1-2H3. The number of benzene rings is 1. The van der Waals surface area contributed by atoms with Gasteiger partial charge in [0.05, 0.1) is 4.90 Å². The predicted octanol–water partition coefficient (Wildman–Crippen LogP) is 5.23. The van der Waals surface area contributed by atoms with Crippen molar-refractivity contribution < 1.29 is 8.78 Å². The highest BCUT2D eigenvalue weighted by atomic mass is 32.2. The lowest BCUT2D eigenvalue weighted by molar-refractivity contribution is 0.533. The average molecular weight is 246 g/mol. The number of hydrogen-bond donors (Lipinski definition) is 0. The second-order valence-electron chi connectivity index (χ2n) is 3.33. The van der Waals surface area contributed by atoms with Gasteiger partial charge in [-0.1, -0.05) is 27.7 Å². The summed E-state index contributed by atoms with van der Waals surface area (Å²) in [5.74, 6) is -0.699. The molecular formula is C13H20F2S. The van der Waals surface area contributed by atoms with Gasteiger partial charge in [0, 0.05) is 0 Å². The molecule has 0 fully saturated rings. The maximum Gasteiger partial charge on any atom is 0.140 e. The quantitative estimate of drug-likeness (QED) is 0.658. The lowest BCUT2D eigenvalue weighted by Gasteiger charge is -2.11. The summed E-state index contributed by atoms with van der Waals surface area (Å²) >= 11 is 1.10. The van der Waals surface area contributed by atoms with Crippen LogP contribution in [0.5, 0.6) is 0 Å². The molecule has 16 heavy (non-hydrogen) atoms. The topological polar surface area (TPSA) is 0 Å². The van der Waals surface area contributed by atoms with Gasteiger partial charge in [0.25, 0.3) is 0 Å². The number of hydrogen-bond acceptors (Lipinski definition) is 1. The van der Waals surface area contributed by atoms with Gasteiger partial charge in [-0.25, -0.2) is 8.78 Å². The van der Waals surface area contributed by atoms with Crippen molar-refractivity contribution in [3.8, 4) is 0 Å². The van der Waals surface area contributed by atoms with Gasteiger partial charge in [-0.2, -0.15) is 0 Å². The normalized spacial score (nSPS) is 11.7. The summed E-state index contributed by atoms with van der Waals surface area (Å²) in [6, 6.07) is 2.87. The summed E-state index contributed by atoms with van der Waals surface area (Å²) in [7, 11) is 0. The highest BCUT2D eigenvalue weighted by Crippen LogP contribution is 2.28. The second-order valence-corrected chi connectivity index (χ2v) is 4.14. The Morgan fingerprint density at radius 3 is 1.94 bits per heavy atom. The van der Waals surface area contributed by atoms with E-state index in [4.69, 9.17) is 0 Å². The SMILES string of the molecule is CC.CCC(C)c1cc(F)c(SC)c(F)c1. The third-order valence-electron chi connectivity index (χ3n) is 2.41. The van der Waals surface area contributed by atoms with Gasteiger partial charge in [-0.15, -0.1) is 11.8 Å². The molecule has 0 nitrogen and oxygen atoms in total. The van der Waals surface area contributed by atoms with Crippen molar-refractivity contribution in [2.45, 2.75) is 44.9 Å². The van der Waals surface area contributed by atoms with Gasteiger partial charge in [0.2, 0.25) is 0 Å². The van der Waals surface area contributed by atoms with Gasteiger partial charge in [0.1, 0.15) is 11.6 Å². The van der Waals surface area contributed by atoms with Gasteiger partial charge >= 0.3 is 0 Å². The third-order valence-corrected chi connectivity index (χ3v) is 3.20. The Morgan fingerprint density at radius 1 is 1.19 bits per heavy atom. The van der Waals surface area contributed by atoms with Gasteiger partial charge in [-0.05, 0) is 36.3 Å². The smallest absolute Gasteiger partial charge is 0.140 e. The van der Waals surface area contributed by atoms with Gasteiger partial charge < -0.3 is 0 Å². The molecule has 0 amide bonds. The van der Waals surface area contributed by atoms with Crippen LogP contribution in [0.1, 0.15) is 45.6 Å². The van der Waals surface area contributed by atoms with Gasteiger partial charge in [-0.3, -0.25) is 0 Å². The molecule has 0 heterocycles. The predicted molar refractivity (Wildman–Crippen MR) is 68.2 cm³/mol. The minimum atomic E-state index is -0.451. The summed E-state index contributed by atoms with van der Waals surface area (Å²) < 4.78 is 26.7. The molecule has 92 valence electrons. The largest absolute Gasteiger partial charge is 0.206 e. The van der Waals surface area contributed by atoms with E-state index in [0.717, 1.165) is 23.7 Å². The number of halogens is 2. The monoisotopic (exact) mass is 246 g/mol. The van der Waals surface area contributed by atoms with E-state index in [-0.39, 0.29) is 10.8 Å². The van der Waals surface area contributed by atoms with Crippen LogP contribution in [0.2, 0.25) is 0 Å². The van der Waals surface area contributed by atoms with Crippen molar-refractivity contribution in [2.24, 2.45) is 0 Å². The third kappa shape index (κ3) is 3.78. The van der Waals surface area contributed by atoms with Crippen LogP contribution in [0.4, 0.5) is 8.78 Å². The van der Waals surface area contributed by atoms with Crippen molar-refractivity contribution >= 4 is 11.8 Å². The average Bonchev–Trinajstić information content (AvgIpc) is 2.30. The fourth-order valence-electron chi connectivity index (χ4n) is 1.29. The van der Waals surface area contributed by atoms with E-state index in [9.17, 15) is 8.78 Å². The second kappa shape index (κ2) is 7.66. The Hall–Kier alpha value is -0.570. The highest BCUT2D eigenvalue weighted by molar-refractivity contribution is 7.98. The van der Waals surface area contributed by atoms with E-state index in [0.29, 0.717) is 0 Å². The Balaban J connectivity index is 0.00000106. The Bertz CT molecular complexity index is 301. The fourth-order valence-corrected chi connectivity index (χ4v) is 1.80. The van der Waals surface area contributed by atoms with Crippen LogP contribution in [-0.4, -0.2) is 6.26 Å². The van der Waals surface area contributed by atoms with Crippen molar-refractivity contribution in [2.75, 3.05) is 6.26 Å². The lowest BCUT2D eigenvalue weighted by Crippen LogP contribution is -1.96. The minimum Gasteiger partial charge on any atom is -0.206 e. The van der Waals surface area contributed by atoms with Crippen molar-refractivity contribution in [1.29, 1.82) is 0 Å². The summed E-state index contributed by atoms with van der Waals surface area (Å²) in [6.07, 6.45) is 2.56. The first-order valence-corrected chi connectivity index (χ1v) is 6.85. The molecule has 0 aliphatic carbocycles. The summed E-state index contributed by atoms with van der Waals surface area (Å²) in [4.78, 5) is 0.108. The van der Waals surface area contributed by atoms with E-state index in [1.807, 2.05) is 27.7 Å². The number of thioether (sulfide) groups is 1. The molecule has 1 rings (SSSR count). The summed E-state index contributed by atoms with van der Waals surface area (Å²) in [5.41, 5.74) is 0.736. The summed E-state index contributed by atoms with van der Waals surface area (Å²) in [5, 5.41) is 0. The fraction of sp³-hybridized carbons (Fsp3) is 0.538. The van der Waals surface area contributed by atoms with Crippen LogP contribution in [0.3, 0.4) is 0 Å². The van der Waals surface area contributed by atoms with E-state index >= 15 is 0 Å². The van der Waals surface area contributed by atoms with Crippen LogP contribution >= 0.6 is 11.8 Å². The minimum absolute atomic E-state index is 0.108. The molecule has 1 unspecified atom stereocenters. The molecule has 0 aliphatic heterocycles. The van der Waals surface area contributed by atoms with Crippen LogP contribution in [0.15, 0.2) is 17.0 Å². The van der Waals surface area contributed by atoms with Crippen LogP contribution in [0.25, 0.3) is 0 Å². The number of rotatable bonds is 3. The molecule has 0 saturated carbocycles. The van der Waals surface area contributed by atoms with Crippen molar-refractivity contribution in [3.63, 3.8) is 0 Å². The zero-order chi connectivity index (χ0) is 12.7. The molecule has 1 aromatic carbocycles. The molecule has 1 aromatic rings. The first-order valence-electron chi connectivity index (χ1n) is 5.63. The van der Waals surface area contributed by atoms with E-state index in [1.54, 1.807) is 6.26 Å².